The van der Waals surface area contributed by atoms with Crippen molar-refractivity contribution in [2.24, 2.45) is 0 Å². The molecule has 1 saturated heterocycles. The molecule has 30 heavy (non-hydrogen) atoms. The minimum absolute atomic E-state index is 0.125. The third-order valence-electron chi connectivity index (χ3n) is 5.26. The van der Waals surface area contributed by atoms with Crippen LogP contribution in [0.3, 0.4) is 0 Å². The summed E-state index contributed by atoms with van der Waals surface area (Å²) in [5, 5.41) is 13.4. The molecule has 1 aromatic carbocycles. The second-order valence-corrected chi connectivity index (χ2v) is 7.65. The number of rotatable bonds is 7. The summed E-state index contributed by atoms with van der Waals surface area (Å²) < 4.78 is 6.24. The van der Waals surface area contributed by atoms with Crippen molar-refractivity contribution in [2.75, 3.05) is 6.54 Å². The van der Waals surface area contributed by atoms with Crippen LogP contribution in [0.15, 0.2) is 65.2 Å². The van der Waals surface area contributed by atoms with Crippen LogP contribution in [0.1, 0.15) is 53.7 Å². The Hall–Kier alpha value is -3.19. The standard InChI is InChI=1S/C23H23N3O3S/c1-2-3-13-26-21(20(25-23(26)30)17-9-4-5-12-24-17)19-11-10-18(29-19)15-7-6-8-16(14-15)22(27)28/h4-12,14,20-21H,2-3,13H2,1H3,(H,25,30)(H,27,28)/t20-,21-/m1/s1. The molecule has 3 heterocycles. The van der Waals surface area contributed by atoms with Gasteiger partial charge in [-0.3, -0.25) is 4.98 Å². The summed E-state index contributed by atoms with van der Waals surface area (Å²) in [5.41, 5.74) is 1.85. The summed E-state index contributed by atoms with van der Waals surface area (Å²) in [6.45, 7) is 2.97. The van der Waals surface area contributed by atoms with Crippen LogP contribution in [0, 0.1) is 0 Å². The van der Waals surface area contributed by atoms with E-state index in [2.05, 4.69) is 22.1 Å². The van der Waals surface area contributed by atoms with Gasteiger partial charge in [0.05, 0.1) is 17.3 Å². The van der Waals surface area contributed by atoms with Gasteiger partial charge in [-0.15, -0.1) is 0 Å². The Kier molecular flexibility index (Phi) is 5.81. The lowest BCUT2D eigenvalue weighted by molar-refractivity contribution is 0.0697. The highest BCUT2D eigenvalue weighted by molar-refractivity contribution is 7.80. The number of benzene rings is 1. The molecule has 2 atom stereocenters. The summed E-state index contributed by atoms with van der Waals surface area (Å²) in [6.07, 6.45) is 3.85. The van der Waals surface area contributed by atoms with E-state index in [4.69, 9.17) is 16.6 Å². The van der Waals surface area contributed by atoms with Crippen LogP contribution in [-0.4, -0.2) is 32.6 Å². The van der Waals surface area contributed by atoms with E-state index in [1.54, 1.807) is 24.4 Å². The number of nitrogens with one attached hydrogen (secondary N) is 1. The molecule has 154 valence electrons. The Morgan fingerprint density at radius 1 is 1.23 bits per heavy atom. The average molecular weight is 422 g/mol. The molecule has 2 N–H and O–H groups in total. The van der Waals surface area contributed by atoms with Gasteiger partial charge in [0.15, 0.2) is 5.11 Å². The lowest BCUT2D eigenvalue weighted by Gasteiger charge is -2.25. The van der Waals surface area contributed by atoms with Gasteiger partial charge in [0, 0.05) is 18.3 Å². The third-order valence-corrected chi connectivity index (χ3v) is 5.62. The zero-order chi connectivity index (χ0) is 21.1. The third kappa shape index (κ3) is 3.93. The minimum atomic E-state index is -0.963. The molecular weight excluding hydrogens is 398 g/mol. The molecule has 2 aromatic heterocycles. The first-order chi connectivity index (χ1) is 14.6. The summed E-state index contributed by atoms with van der Waals surface area (Å²) in [6, 6.07) is 16.2. The number of carboxylic acid groups (broad SMARTS) is 1. The highest BCUT2D eigenvalue weighted by atomic mass is 32.1. The Morgan fingerprint density at radius 3 is 2.83 bits per heavy atom. The first kappa shape index (κ1) is 20.1. The molecule has 0 saturated carbocycles. The summed E-state index contributed by atoms with van der Waals surface area (Å²) in [4.78, 5) is 18.0. The molecule has 1 aliphatic heterocycles. The van der Waals surface area contributed by atoms with Crippen molar-refractivity contribution >= 4 is 23.3 Å². The van der Waals surface area contributed by atoms with Crippen LogP contribution in [0.2, 0.25) is 0 Å². The lowest BCUT2D eigenvalue weighted by Crippen LogP contribution is -2.30. The molecule has 1 fully saturated rings. The molecule has 0 bridgehead atoms. The van der Waals surface area contributed by atoms with Gasteiger partial charge in [0.25, 0.3) is 0 Å². The molecule has 0 radical (unpaired) electrons. The van der Waals surface area contributed by atoms with Crippen molar-refractivity contribution < 1.29 is 14.3 Å². The number of carboxylic acids is 1. The van der Waals surface area contributed by atoms with Crippen LogP contribution in [-0.2, 0) is 0 Å². The maximum Gasteiger partial charge on any atom is 0.335 e. The van der Waals surface area contributed by atoms with E-state index in [9.17, 15) is 9.90 Å². The van der Waals surface area contributed by atoms with Crippen molar-refractivity contribution in [3.05, 3.63) is 77.8 Å². The van der Waals surface area contributed by atoms with Crippen LogP contribution in [0.5, 0.6) is 0 Å². The Balaban J connectivity index is 1.71. The van der Waals surface area contributed by atoms with Gasteiger partial charge in [0.1, 0.15) is 17.6 Å². The normalized spacial score (nSPS) is 18.4. The summed E-state index contributed by atoms with van der Waals surface area (Å²) in [5.74, 6) is 0.431. The second-order valence-electron chi connectivity index (χ2n) is 7.26. The van der Waals surface area contributed by atoms with Gasteiger partial charge < -0.3 is 19.7 Å². The van der Waals surface area contributed by atoms with E-state index in [0.717, 1.165) is 36.4 Å². The molecule has 7 heteroatoms. The van der Waals surface area contributed by atoms with E-state index < -0.39 is 5.97 Å². The minimum Gasteiger partial charge on any atom is -0.478 e. The zero-order valence-electron chi connectivity index (χ0n) is 16.6. The zero-order valence-corrected chi connectivity index (χ0v) is 17.4. The van der Waals surface area contributed by atoms with Crippen LogP contribution >= 0.6 is 12.2 Å². The molecule has 1 aliphatic rings. The number of hydrogen-bond donors (Lipinski definition) is 2. The Labute approximate surface area is 180 Å². The number of pyridine rings is 1. The molecule has 0 unspecified atom stereocenters. The van der Waals surface area contributed by atoms with Gasteiger partial charge in [0.2, 0.25) is 0 Å². The van der Waals surface area contributed by atoms with Crippen molar-refractivity contribution in [2.45, 2.75) is 31.8 Å². The summed E-state index contributed by atoms with van der Waals surface area (Å²) >= 11 is 5.63. The van der Waals surface area contributed by atoms with E-state index in [0.29, 0.717) is 10.9 Å². The maximum absolute atomic E-state index is 11.3. The van der Waals surface area contributed by atoms with E-state index in [-0.39, 0.29) is 17.6 Å². The molecule has 4 rings (SSSR count). The van der Waals surface area contributed by atoms with Crippen molar-refractivity contribution in [3.8, 4) is 11.3 Å². The van der Waals surface area contributed by atoms with Gasteiger partial charge in [-0.05, 0) is 55.0 Å². The number of furan rings is 1. The number of aromatic carboxylic acids is 1. The Morgan fingerprint density at radius 2 is 2.10 bits per heavy atom. The highest BCUT2D eigenvalue weighted by Gasteiger charge is 2.41. The quantitative estimate of drug-likeness (QED) is 0.530. The lowest BCUT2D eigenvalue weighted by atomic mass is 10.0. The molecule has 0 aliphatic carbocycles. The number of unbranched alkanes of at least 4 members (excludes halogenated alkanes) is 1. The van der Waals surface area contributed by atoms with Gasteiger partial charge in [-0.1, -0.05) is 31.5 Å². The summed E-state index contributed by atoms with van der Waals surface area (Å²) in [7, 11) is 0. The number of nitrogens with zero attached hydrogens (tertiary/aromatic N) is 2. The van der Waals surface area contributed by atoms with Gasteiger partial charge in [-0.25, -0.2) is 4.79 Å². The fraction of sp³-hybridized carbons (Fsp3) is 0.261. The smallest absolute Gasteiger partial charge is 0.335 e. The average Bonchev–Trinajstić information content (AvgIpc) is 3.37. The first-order valence-electron chi connectivity index (χ1n) is 10.00. The van der Waals surface area contributed by atoms with Crippen molar-refractivity contribution in [1.82, 2.24) is 15.2 Å². The molecule has 3 aromatic rings. The van der Waals surface area contributed by atoms with Crippen LogP contribution < -0.4 is 5.32 Å². The molecule has 0 spiro atoms. The van der Waals surface area contributed by atoms with Crippen LogP contribution in [0.25, 0.3) is 11.3 Å². The maximum atomic E-state index is 11.3. The molecule has 6 nitrogen and oxygen atoms in total. The predicted molar refractivity (Wildman–Crippen MR) is 118 cm³/mol. The topological polar surface area (TPSA) is 78.6 Å². The fourth-order valence-electron chi connectivity index (χ4n) is 3.76. The SMILES string of the molecule is CCCCN1C(=S)N[C@H](c2ccccn2)[C@H]1c1ccc(-c2cccc(C(=O)O)c2)o1. The van der Waals surface area contributed by atoms with Crippen LogP contribution in [0.4, 0.5) is 0 Å². The van der Waals surface area contributed by atoms with E-state index in [1.807, 2.05) is 36.4 Å². The Bertz CT molecular complexity index is 1050. The largest absolute Gasteiger partial charge is 0.478 e. The van der Waals surface area contributed by atoms with Crippen molar-refractivity contribution in [3.63, 3.8) is 0 Å². The van der Waals surface area contributed by atoms with Gasteiger partial charge in [-0.2, -0.15) is 0 Å². The number of thiocarbonyl (C=S) groups is 1. The number of aromatic nitrogens is 1. The van der Waals surface area contributed by atoms with Gasteiger partial charge >= 0.3 is 5.97 Å². The van der Waals surface area contributed by atoms with Crippen molar-refractivity contribution in [1.29, 1.82) is 0 Å². The van der Waals surface area contributed by atoms with E-state index in [1.165, 1.54) is 0 Å². The predicted octanol–water partition coefficient (Wildman–Crippen LogP) is 4.81. The number of carbonyl (C=O) groups is 1. The highest BCUT2D eigenvalue weighted by Crippen LogP contribution is 2.40. The second kappa shape index (κ2) is 8.67. The fourth-order valence-corrected chi connectivity index (χ4v) is 4.09. The number of hydrogen-bond acceptors (Lipinski definition) is 4. The van der Waals surface area contributed by atoms with E-state index >= 15 is 0 Å². The first-order valence-corrected chi connectivity index (χ1v) is 10.4. The monoisotopic (exact) mass is 421 g/mol. The molecular formula is C23H23N3O3S. The molecule has 0 amide bonds.